The number of ether oxygens (including phenoxy) is 1. The van der Waals surface area contributed by atoms with Crippen LogP contribution in [0.2, 0.25) is 0 Å². The van der Waals surface area contributed by atoms with Crippen molar-refractivity contribution >= 4 is 0 Å². The lowest BCUT2D eigenvalue weighted by atomic mass is 10.0. The first-order chi connectivity index (χ1) is 9.08. The van der Waals surface area contributed by atoms with Crippen molar-refractivity contribution in [3.05, 3.63) is 29.3 Å². The summed E-state index contributed by atoms with van der Waals surface area (Å²) < 4.78 is 6.08. The van der Waals surface area contributed by atoms with Crippen LogP contribution in [-0.4, -0.2) is 19.2 Å². The van der Waals surface area contributed by atoms with Gasteiger partial charge in [0, 0.05) is 6.04 Å². The second-order valence-corrected chi connectivity index (χ2v) is 5.55. The highest BCUT2D eigenvalue weighted by Crippen LogP contribution is 2.27. The van der Waals surface area contributed by atoms with Gasteiger partial charge in [-0.15, -0.1) is 0 Å². The van der Waals surface area contributed by atoms with Crippen LogP contribution in [0, 0.1) is 6.92 Å². The van der Waals surface area contributed by atoms with E-state index in [9.17, 15) is 0 Å². The first kappa shape index (κ1) is 16.0. The van der Waals surface area contributed by atoms with Crippen LogP contribution < -0.4 is 10.1 Å². The van der Waals surface area contributed by atoms with Crippen molar-refractivity contribution in [1.82, 2.24) is 5.32 Å². The molecule has 0 aromatic heterocycles. The average molecular weight is 263 g/mol. The number of benzene rings is 1. The predicted molar refractivity (Wildman–Crippen MR) is 83.1 cm³/mol. The van der Waals surface area contributed by atoms with E-state index in [-0.39, 0.29) is 0 Å². The lowest BCUT2D eigenvalue weighted by Crippen LogP contribution is -2.34. The molecule has 0 amide bonds. The van der Waals surface area contributed by atoms with E-state index in [2.05, 4.69) is 58.1 Å². The molecule has 0 heterocycles. The molecule has 0 radical (unpaired) electrons. The molecule has 0 aliphatic heterocycles. The molecule has 0 saturated carbocycles. The van der Waals surface area contributed by atoms with Crippen LogP contribution in [0.25, 0.3) is 0 Å². The number of aryl methyl sites for hydroxylation is 1. The third-order valence-corrected chi connectivity index (χ3v) is 3.36. The zero-order valence-electron chi connectivity index (χ0n) is 13.1. The van der Waals surface area contributed by atoms with Gasteiger partial charge in [0.25, 0.3) is 0 Å². The van der Waals surface area contributed by atoms with Crippen molar-refractivity contribution in [1.29, 1.82) is 0 Å². The van der Waals surface area contributed by atoms with Crippen molar-refractivity contribution in [2.45, 2.75) is 59.4 Å². The molecular formula is C17H29NO. The van der Waals surface area contributed by atoms with Gasteiger partial charge in [0.2, 0.25) is 0 Å². The normalized spacial score (nSPS) is 12.7. The molecule has 2 heteroatoms. The van der Waals surface area contributed by atoms with Crippen LogP contribution in [-0.2, 0) is 0 Å². The van der Waals surface area contributed by atoms with Gasteiger partial charge in [-0.1, -0.05) is 46.2 Å². The van der Waals surface area contributed by atoms with E-state index < -0.39 is 0 Å². The summed E-state index contributed by atoms with van der Waals surface area (Å²) in [7, 11) is 0. The Labute approximate surface area is 118 Å². The van der Waals surface area contributed by atoms with Crippen LogP contribution in [0.4, 0.5) is 0 Å². The summed E-state index contributed by atoms with van der Waals surface area (Å²) in [6, 6.07) is 6.97. The summed E-state index contributed by atoms with van der Waals surface area (Å²) in [5.41, 5.74) is 2.56. The molecular weight excluding hydrogens is 234 g/mol. The van der Waals surface area contributed by atoms with E-state index >= 15 is 0 Å². The maximum Gasteiger partial charge on any atom is 0.123 e. The zero-order chi connectivity index (χ0) is 14.3. The summed E-state index contributed by atoms with van der Waals surface area (Å²) >= 11 is 0. The SMILES string of the molecule is CCCC(COc1cc(C)ccc1C(C)C)NCC. The molecule has 1 aromatic carbocycles. The molecule has 0 bridgehead atoms. The first-order valence-corrected chi connectivity index (χ1v) is 7.55. The smallest absolute Gasteiger partial charge is 0.123 e. The van der Waals surface area contributed by atoms with Gasteiger partial charge < -0.3 is 10.1 Å². The second-order valence-electron chi connectivity index (χ2n) is 5.55. The van der Waals surface area contributed by atoms with E-state index in [1.807, 2.05) is 0 Å². The van der Waals surface area contributed by atoms with E-state index in [1.165, 1.54) is 17.5 Å². The van der Waals surface area contributed by atoms with Crippen LogP contribution in [0.15, 0.2) is 18.2 Å². The van der Waals surface area contributed by atoms with Gasteiger partial charge >= 0.3 is 0 Å². The van der Waals surface area contributed by atoms with E-state index in [0.29, 0.717) is 12.0 Å². The lowest BCUT2D eigenvalue weighted by molar-refractivity contribution is 0.255. The Hall–Kier alpha value is -1.02. The van der Waals surface area contributed by atoms with Crippen molar-refractivity contribution in [3.8, 4) is 5.75 Å². The number of hydrogen-bond donors (Lipinski definition) is 1. The van der Waals surface area contributed by atoms with E-state index in [1.54, 1.807) is 0 Å². The van der Waals surface area contributed by atoms with Crippen molar-refractivity contribution < 1.29 is 4.74 Å². The third kappa shape index (κ3) is 5.23. The van der Waals surface area contributed by atoms with Crippen molar-refractivity contribution in [2.75, 3.05) is 13.2 Å². The predicted octanol–water partition coefficient (Wildman–Crippen LogP) is 4.28. The zero-order valence-corrected chi connectivity index (χ0v) is 13.1. The molecule has 0 fully saturated rings. The molecule has 0 spiro atoms. The van der Waals surface area contributed by atoms with Crippen LogP contribution in [0.1, 0.15) is 57.6 Å². The Morgan fingerprint density at radius 3 is 2.53 bits per heavy atom. The van der Waals surface area contributed by atoms with E-state index in [4.69, 9.17) is 4.74 Å². The quantitative estimate of drug-likeness (QED) is 0.756. The fraction of sp³-hybridized carbons (Fsp3) is 0.647. The average Bonchev–Trinajstić information content (AvgIpc) is 2.36. The van der Waals surface area contributed by atoms with Crippen LogP contribution >= 0.6 is 0 Å². The molecule has 1 atom stereocenters. The third-order valence-electron chi connectivity index (χ3n) is 3.36. The summed E-state index contributed by atoms with van der Waals surface area (Å²) in [4.78, 5) is 0. The Balaban J connectivity index is 2.71. The topological polar surface area (TPSA) is 21.3 Å². The molecule has 1 aromatic rings. The molecule has 0 aliphatic carbocycles. The maximum absolute atomic E-state index is 6.08. The molecule has 1 rings (SSSR count). The molecule has 108 valence electrons. The standard InChI is InChI=1S/C17H29NO/c1-6-8-15(18-7-2)12-19-17-11-14(5)9-10-16(17)13(3)4/h9-11,13,15,18H,6-8,12H2,1-5H3. The number of nitrogens with one attached hydrogen (secondary N) is 1. The minimum absolute atomic E-state index is 0.454. The van der Waals surface area contributed by atoms with E-state index in [0.717, 1.165) is 25.3 Å². The summed E-state index contributed by atoms with van der Waals surface area (Å²) in [5, 5.41) is 3.49. The fourth-order valence-corrected chi connectivity index (χ4v) is 2.32. The molecule has 2 nitrogen and oxygen atoms in total. The largest absolute Gasteiger partial charge is 0.492 e. The van der Waals surface area contributed by atoms with Gasteiger partial charge in [-0.2, -0.15) is 0 Å². The highest BCUT2D eigenvalue weighted by molar-refractivity contribution is 5.39. The summed E-state index contributed by atoms with van der Waals surface area (Å²) in [5.74, 6) is 1.55. The summed E-state index contributed by atoms with van der Waals surface area (Å²) in [6.45, 7) is 12.7. The van der Waals surface area contributed by atoms with Crippen molar-refractivity contribution in [3.63, 3.8) is 0 Å². The lowest BCUT2D eigenvalue weighted by Gasteiger charge is -2.20. The number of likely N-dealkylation sites (N-methyl/N-ethyl adjacent to an activating group) is 1. The highest BCUT2D eigenvalue weighted by Gasteiger charge is 2.11. The van der Waals surface area contributed by atoms with Crippen LogP contribution in [0.3, 0.4) is 0 Å². The highest BCUT2D eigenvalue weighted by atomic mass is 16.5. The van der Waals surface area contributed by atoms with Gasteiger partial charge in [-0.3, -0.25) is 0 Å². The van der Waals surface area contributed by atoms with Gasteiger partial charge in [0.1, 0.15) is 12.4 Å². The molecule has 1 unspecified atom stereocenters. The Morgan fingerprint density at radius 2 is 1.95 bits per heavy atom. The number of rotatable bonds is 8. The molecule has 1 N–H and O–H groups in total. The van der Waals surface area contributed by atoms with Gasteiger partial charge in [0.05, 0.1) is 0 Å². The monoisotopic (exact) mass is 263 g/mol. The molecule has 0 aliphatic rings. The van der Waals surface area contributed by atoms with Gasteiger partial charge in [-0.25, -0.2) is 0 Å². The Bertz CT molecular complexity index is 368. The molecule has 0 saturated heterocycles. The Kier molecular flexibility index (Phi) is 6.93. The van der Waals surface area contributed by atoms with Crippen molar-refractivity contribution in [2.24, 2.45) is 0 Å². The minimum atomic E-state index is 0.454. The minimum Gasteiger partial charge on any atom is -0.492 e. The van der Waals surface area contributed by atoms with Gasteiger partial charge in [0.15, 0.2) is 0 Å². The summed E-state index contributed by atoms with van der Waals surface area (Å²) in [6.07, 6.45) is 2.35. The fourth-order valence-electron chi connectivity index (χ4n) is 2.32. The van der Waals surface area contributed by atoms with Gasteiger partial charge in [-0.05, 0) is 43.0 Å². The number of hydrogen-bond acceptors (Lipinski definition) is 2. The molecule has 19 heavy (non-hydrogen) atoms. The maximum atomic E-state index is 6.08. The second kappa shape index (κ2) is 8.21. The van der Waals surface area contributed by atoms with Crippen LogP contribution in [0.5, 0.6) is 5.75 Å². The first-order valence-electron chi connectivity index (χ1n) is 7.55. The Morgan fingerprint density at radius 1 is 1.21 bits per heavy atom.